The number of fused-ring (bicyclic) bond motifs is 1. The quantitative estimate of drug-likeness (QED) is 0.721. The molecule has 0 atom stereocenters. The Morgan fingerprint density at radius 3 is 2.50 bits per heavy atom. The van der Waals surface area contributed by atoms with E-state index in [-0.39, 0.29) is 5.75 Å². The maximum atomic E-state index is 12.5. The maximum absolute atomic E-state index is 12.5. The van der Waals surface area contributed by atoms with E-state index in [2.05, 4.69) is 15.9 Å². The summed E-state index contributed by atoms with van der Waals surface area (Å²) < 4.78 is 27.3. The molecule has 3 aromatic rings. The highest BCUT2D eigenvalue weighted by atomic mass is 79.9. The highest BCUT2D eigenvalue weighted by Gasteiger charge is 2.16. The zero-order valence-corrected chi connectivity index (χ0v) is 12.9. The minimum atomic E-state index is -3.42. The fourth-order valence-corrected chi connectivity index (χ4v) is 3.98. The standard InChI is InChI=1S/C15H12BrNO2S/c16-14-7-6-13-8-9-17(15(13)10-14)20(18,19)11-12-4-2-1-3-5-12/h1-10H,11H2. The molecule has 3 nitrogen and oxygen atoms in total. The molecule has 0 aliphatic rings. The van der Waals surface area contributed by atoms with Crippen molar-refractivity contribution in [1.29, 1.82) is 0 Å². The summed E-state index contributed by atoms with van der Waals surface area (Å²) in [5.41, 5.74) is 1.47. The zero-order chi connectivity index (χ0) is 14.2. The second-order valence-electron chi connectivity index (χ2n) is 4.56. The van der Waals surface area contributed by atoms with E-state index in [1.807, 2.05) is 54.6 Å². The third-order valence-corrected chi connectivity index (χ3v) is 5.22. The molecule has 0 bridgehead atoms. The Balaban J connectivity index is 2.08. The van der Waals surface area contributed by atoms with Crippen LogP contribution >= 0.6 is 15.9 Å². The van der Waals surface area contributed by atoms with Crippen LogP contribution in [0.5, 0.6) is 0 Å². The molecule has 0 aliphatic carbocycles. The Labute approximate surface area is 126 Å². The van der Waals surface area contributed by atoms with E-state index in [0.29, 0.717) is 5.52 Å². The van der Waals surface area contributed by atoms with Crippen LogP contribution in [0.25, 0.3) is 10.9 Å². The molecule has 5 heteroatoms. The molecule has 0 saturated heterocycles. The molecule has 0 aliphatic heterocycles. The van der Waals surface area contributed by atoms with Gasteiger partial charge in [-0.05, 0) is 23.8 Å². The highest BCUT2D eigenvalue weighted by Crippen LogP contribution is 2.23. The molecular formula is C15H12BrNO2S. The van der Waals surface area contributed by atoms with Crippen LogP contribution in [0.4, 0.5) is 0 Å². The lowest BCUT2D eigenvalue weighted by Gasteiger charge is -2.08. The Morgan fingerprint density at radius 2 is 1.75 bits per heavy atom. The van der Waals surface area contributed by atoms with Crippen LogP contribution in [-0.2, 0) is 15.8 Å². The van der Waals surface area contributed by atoms with E-state index in [9.17, 15) is 8.42 Å². The largest absolute Gasteiger partial charge is 0.245 e. The predicted octanol–water partition coefficient (Wildman–Crippen LogP) is 3.78. The van der Waals surface area contributed by atoms with Gasteiger partial charge in [0.15, 0.2) is 0 Å². The van der Waals surface area contributed by atoms with Gasteiger partial charge in [0.25, 0.3) is 0 Å². The van der Waals surface area contributed by atoms with Crippen molar-refractivity contribution < 1.29 is 8.42 Å². The van der Waals surface area contributed by atoms with Crippen LogP contribution in [0, 0.1) is 0 Å². The highest BCUT2D eigenvalue weighted by molar-refractivity contribution is 9.10. The van der Waals surface area contributed by atoms with Gasteiger partial charge >= 0.3 is 0 Å². The topological polar surface area (TPSA) is 39.1 Å². The minimum absolute atomic E-state index is 0.00979. The molecule has 0 saturated carbocycles. The van der Waals surface area contributed by atoms with Crippen LogP contribution in [-0.4, -0.2) is 12.4 Å². The lowest BCUT2D eigenvalue weighted by atomic mass is 10.2. The van der Waals surface area contributed by atoms with Gasteiger partial charge in [0.1, 0.15) is 0 Å². The predicted molar refractivity (Wildman–Crippen MR) is 84.1 cm³/mol. The number of rotatable bonds is 3. The number of halogens is 1. The van der Waals surface area contributed by atoms with E-state index in [0.717, 1.165) is 15.4 Å². The van der Waals surface area contributed by atoms with E-state index in [4.69, 9.17) is 0 Å². The van der Waals surface area contributed by atoms with Crippen molar-refractivity contribution in [2.75, 3.05) is 0 Å². The first kappa shape index (κ1) is 13.4. The molecule has 20 heavy (non-hydrogen) atoms. The minimum Gasteiger partial charge on any atom is -0.245 e. The number of hydrogen-bond donors (Lipinski definition) is 0. The molecule has 3 rings (SSSR count). The van der Waals surface area contributed by atoms with Crippen molar-refractivity contribution in [3.8, 4) is 0 Å². The summed E-state index contributed by atoms with van der Waals surface area (Å²) in [6.07, 6.45) is 1.61. The average Bonchev–Trinajstić information content (AvgIpc) is 2.83. The second kappa shape index (κ2) is 5.07. The lowest BCUT2D eigenvalue weighted by Crippen LogP contribution is -2.13. The van der Waals surface area contributed by atoms with Crippen molar-refractivity contribution in [2.24, 2.45) is 0 Å². The van der Waals surface area contributed by atoms with Gasteiger partial charge in [0, 0.05) is 16.1 Å². The molecule has 1 aromatic heterocycles. The summed E-state index contributed by atoms with van der Waals surface area (Å²) in [6, 6.07) is 16.6. The number of aromatic nitrogens is 1. The average molecular weight is 350 g/mol. The van der Waals surface area contributed by atoms with Gasteiger partial charge in [0.05, 0.1) is 11.3 Å². The SMILES string of the molecule is O=S(=O)(Cc1ccccc1)n1ccc2ccc(Br)cc21. The molecule has 1 heterocycles. The fourth-order valence-electron chi connectivity index (χ4n) is 2.17. The van der Waals surface area contributed by atoms with Gasteiger partial charge in [-0.2, -0.15) is 0 Å². The molecular weight excluding hydrogens is 338 g/mol. The monoisotopic (exact) mass is 349 g/mol. The summed E-state index contributed by atoms with van der Waals surface area (Å²) in [6.45, 7) is 0. The first-order valence-corrected chi connectivity index (χ1v) is 8.50. The number of nitrogens with zero attached hydrogens (tertiary/aromatic N) is 1. The molecule has 0 fully saturated rings. The summed E-state index contributed by atoms with van der Waals surface area (Å²) >= 11 is 3.38. The van der Waals surface area contributed by atoms with Crippen molar-refractivity contribution >= 4 is 36.9 Å². The normalized spacial score (nSPS) is 11.8. The molecule has 0 amide bonds. The summed E-state index contributed by atoms with van der Waals surface area (Å²) in [4.78, 5) is 0. The van der Waals surface area contributed by atoms with Crippen LogP contribution < -0.4 is 0 Å². The molecule has 0 spiro atoms. The maximum Gasteiger partial charge on any atom is 0.243 e. The molecule has 0 radical (unpaired) electrons. The van der Waals surface area contributed by atoms with Gasteiger partial charge in [-0.3, -0.25) is 0 Å². The molecule has 0 N–H and O–H groups in total. The van der Waals surface area contributed by atoms with Crippen molar-refractivity contribution in [1.82, 2.24) is 3.97 Å². The molecule has 102 valence electrons. The zero-order valence-electron chi connectivity index (χ0n) is 10.5. The molecule has 2 aromatic carbocycles. The second-order valence-corrected chi connectivity index (χ2v) is 7.32. The van der Waals surface area contributed by atoms with E-state index < -0.39 is 10.0 Å². The Hall–Kier alpha value is -1.59. The summed E-state index contributed by atoms with van der Waals surface area (Å²) in [5.74, 6) is -0.00979. The summed E-state index contributed by atoms with van der Waals surface area (Å²) in [5, 5.41) is 0.907. The first-order valence-electron chi connectivity index (χ1n) is 6.10. The number of benzene rings is 2. The van der Waals surface area contributed by atoms with E-state index in [1.165, 1.54) is 3.97 Å². The fraction of sp³-hybridized carbons (Fsp3) is 0.0667. The van der Waals surface area contributed by atoms with Crippen molar-refractivity contribution in [2.45, 2.75) is 5.75 Å². The lowest BCUT2D eigenvalue weighted by molar-refractivity contribution is 0.588. The summed E-state index contributed by atoms with van der Waals surface area (Å²) in [7, 11) is -3.42. The van der Waals surface area contributed by atoms with Crippen LogP contribution in [0.3, 0.4) is 0 Å². The number of hydrogen-bond acceptors (Lipinski definition) is 2. The van der Waals surface area contributed by atoms with Gasteiger partial charge in [0.2, 0.25) is 10.0 Å². The van der Waals surface area contributed by atoms with Crippen molar-refractivity contribution in [3.05, 3.63) is 70.8 Å². The van der Waals surface area contributed by atoms with Crippen LogP contribution in [0.2, 0.25) is 0 Å². The van der Waals surface area contributed by atoms with E-state index >= 15 is 0 Å². The third-order valence-electron chi connectivity index (χ3n) is 3.11. The Kier molecular flexibility index (Phi) is 3.40. The van der Waals surface area contributed by atoms with Crippen LogP contribution in [0.1, 0.15) is 5.56 Å². The Morgan fingerprint density at radius 1 is 1.00 bits per heavy atom. The van der Waals surface area contributed by atoms with Gasteiger partial charge in [-0.1, -0.05) is 52.3 Å². The van der Waals surface area contributed by atoms with Crippen LogP contribution in [0.15, 0.2) is 65.3 Å². The molecule has 0 unspecified atom stereocenters. The first-order chi connectivity index (χ1) is 9.56. The van der Waals surface area contributed by atoms with Gasteiger partial charge < -0.3 is 0 Å². The van der Waals surface area contributed by atoms with E-state index in [1.54, 1.807) is 6.20 Å². The van der Waals surface area contributed by atoms with Gasteiger partial charge in [-0.15, -0.1) is 0 Å². The Bertz CT molecular complexity index is 854. The van der Waals surface area contributed by atoms with Crippen molar-refractivity contribution in [3.63, 3.8) is 0 Å². The van der Waals surface area contributed by atoms with Gasteiger partial charge in [-0.25, -0.2) is 12.4 Å². The third kappa shape index (κ3) is 2.51. The smallest absolute Gasteiger partial charge is 0.243 e.